The molecule has 3 aromatic rings. The molecule has 31 heavy (non-hydrogen) atoms. The highest BCUT2D eigenvalue weighted by Crippen LogP contribution is 2.31. The first-order valence-corrected chi connectivity index (χ1v) is 10.9. The third-order valence-corrected chi connectivity index (χ3v) is 5.95. The monoisotopic (exact) mass is 440 g/mol. The third-order valence-electron chi connectivity index (χ3n) is 5.65. The van der Waals surface area contributed by atoms with Crippen LogP contribution in [0, 0.1) is 11.7 Å². The summed E-state index contributed by atoms with van der Waals surface area (Å²) in [5, 5.41) is 7.28. The SMILES string of the molecule is NCC1CCC(Nc2cc(-c3cccc(NCc4cncc(F)c4)n3)c(Cl)cn2)CC1. The van der Waals surface area contributed by atoms with Crippen LogP contribution >= 0.6 is 11.6 Å². The molecule has 3 aromatic heterocycles. The molecule has 0 spiro atoms. The fraction of sp³-hybridized carbons (Fsp3) is 0.348. The minimum absolute atomic E-state index is 0.360. The van der Waals surface area contributed by atoms with Gasteiger partial charge in [-0.1, -0.05) is 17.7 Å². The topological polar surface area (TPSA) is 88.8 Å². The quantitative estimate of drug-likeness (QED) is 0.485. The van der Waals surface area contributed by atoms with Crippen molar-refractivity contribution in [3.05, 3.63) is 65.3 Å². The molecule has 0 unspecified atom stereocenters. The Labute approximate surface area is 186 Å². The summed E-state index contributed by atoms with van der Waals surface area (Å²) in [6, 6.07) is 9.46. The average molecular weight is 441 g/mol. The number of rotatable bonds is 7. The molecule has 4 rings (SSSR count). The summed E-state index contributed by atoms with van der Waals surface area (Å²) < 4.78 is 13.3. The molecule has 162 valence electrons. The molecule has 0 aromatic carbocycles. The van der Waals surface area contributed by atoms with E-state index in [-0.39, 0.29) is 5.82 Å². The second-order valence-electron chi connectivity index (χ2n) is 7.92. The highest BCUT2D eigenvalue weighted by Gasteiger charge is 2.20. The van der Waals surface area contributed by atoms with Crippen LogP contribution in [0.5, 0.6) is 0 Å². The first-order chi connectivity index (χ1) is 15.1. The van der Waals surface area contributed by atoms with Crippen LogP contribution in [0.1, 0.15) is 31.2 Å². The Balaban J connectivity index is 1.46. The molecule has 1 saturated carbocycles. The van der Waals surface area contributed by atoms with Gasteiger partial charge in [-0.2, -0.15) is 0 Å². The van der Waals surface area contributed by atoms with Gasteiger partial charge in [0.25, 0.3) is 0 Å². The Bertz CT molecular complexity index is 1020. The largest absolute Gasteiger partial charge is 0.367 e. The van der Waals surface area contributed by atoms with Crippen LogP contribution in [-0.4, -0.2) is 27.5 Å². The first kappa shape index (κ1) is 21.5. The lowest BCUT2D eigenvalue weighted by Crippen LogP contribution is -2.29. The third kappa shape index (κ3) is 5.68. The number of anilines is 2. The van der Waals surface area contributed by atoms with Crippen molar-refractivity contribution in [2.45, 2.75) is 38.3 Å². The Morgan fingerprint density at radius 1 is 1.06 bits per heavy atom. The maximum atomic E-state index is 13.3. The van der Waals surface area contributed by atoms with Gasteiger partial charge in [0, 0.05) is 30.5 Å². The van der Waals surface area contributed by atoms with Crippen molar-refractivity contribution in [1.82, 2.24) is 15.0 Å². The number of nitrogens with one attached hydrogen (secondary N) is 2. The van der Waals surface area contributed by atoms with Crippen molar-refractivity contribution in [3.8, 4) is 11.3 Å². The highest BCUT2D eigenvalue weighted by atomic mass is 35.5. The first-order valence-electron chi connectivity index (χ1n) is 10.5. The van der Waals surface area contributed by atoms with E-state index < -0.39 is 0 Å². The van der Waals surface area contributed by atoms with Crippen LogP contribution in [-0.2, 0) is 6.54 Å². The van der Waals surface area contributed by atoms with Gasteiger partial charge in [0.15, 0.2) is 0 Å². The molecule has 0 saturated heterocycles. The number of aromatic nitrogens is 3. The Hall–Kier alpha value is -2.77. The Kier molecular flexibility index (Phi) is 6.94. The van der Waals surface area contributed by atoms with E-state index >= 15 is 0 Å². The predicted octanol–water partition coefficient (Wildman–Crippen LogP) is 4.87. The highest BCUT2D eigenvalue weighted by molar-refractivity contribution is 6.33. The summed E-state index contributed by atoms with van der Waals surface area (Å²) in [5.41, 5.74) is 8.09. The molecular formula is C23H26ClFN6. The minimum Gasteiger partial charge on any atom is -0.367 e. The van der Waals surface area contributed by atoms with Gasteiger partial charge in [-0.25, -0.2) is 14.4 Å². The number of hydrogen-bond donors (Lipinski definition) is 3. The van der Waals surface area contributed by atoms with Crippen LogP contribution in [0.25, 0.3) is 11.3 Å². The van der Waals surface area contributed by atoms with Crippen molar-refractivity contribution in [2.75, 3.05) is 17.2 Å². The Morgan fingerprint density at radius 3 is 2.68 bits per heavy atom. The maximum Gasteiger partial charge on any atom is 0.141 e. The molecule has 0 radical (unpaired) electrons. The molecule has 1 fully saturated rings. The van der Waals surface area contributed by atoms with Gasteiger partial charge in [0.1, 0.15) is 17.5 Å². The summed E-state index contributed by atoms with van der Waals surface area (Å²) >= 11 is 6.44. The lowest BCUT2D eigenvalue weighted by molar-refractivity contribution is 0.344. The van der Waals surface area contributed by atoms with Crippen molar-refractivity contribution in [1.29, 1.82) is 0 Å². The summed E-state index contributed by atoms with van der Waals surface area (Å²) in [6.07, 6.45) is 8.94. The van der Waals surface area contributed by atoms with Crippen molar-refractivity contribution >= 4 is 23.2 Å². The van der Waals surface area contributed by atoms with Gasteiger partial charge < -0.3 is 16.4 Å². The number of pyridine rings is 3. The van der Waals surface area contributed by atoms with E-state index in [9.17, 15) is 4.39 Å². The van der Waals surface area contributed by atoms with E-state index in [0.717, 1.165) is 54.9 Å². The summed E-state index contributed by atoms with van der Waals surface area (Å²) in [6.45, 7) is 1.19. The zero-order chi connectivity index (χ0) is 21.6. The molecule has 0 atom stereocenters. The van der Waals surface area contributed by atoms with E-state index in [0.29, 0.717) is 29.3 Å². The Morgan fingerprint density at radius 2 is 1.90 bits per heavy atom. The molecular weight excluding hydrogens is 415 g/mol. The van der Waals surface area contributed by atoms with Gasteiger partial charge >= 0.3 is 0 Å². The van der Waals surface area contributed by atoms with Crippen molar-refractivity contribution in [3.63, 3.8) is 0 Å². The second-order valence-corrected chi connectivity index (χ2v) is 8.33. The predicted molar refractivity (Wildman–Crippen MR) is 122 cm³/mol. The maximum absolute atomic E-state index is 13.3. The molecule has 0 aliphatic heterocycles. The van der Waals surface area contributed by atoms with E-state index in [1.165, 1.54) is 12.3 Å². The number of nitrogens with zero attached hydrogens (tertiary/aromatic N) is 3. The molecule has 1 aliphatic rings. The van der Waals surface area contributed by atoms with E-state index in [2.05, 4.69) is 25.6 Å². The smallest absolute Gasteiger partial charge is 0.141 e. The number of hydrogen-bond acceptors (Lipinski definition) is 6. The lowest BCUT2D eigenvalue weighted by Gasteiger charge is -2.28. The van der Waals surface area contributed by atoms with Crippen molar-refractivity contribution < 1.29 is 4.39 Å². The molecule has 0 amide bonds. The average Bonchev–Trinajstić information content (AvgIpc) is 2.80. The van der Waals surface area contributed by atoms with Gasteiger partial charge in [-0.15, -0.1) is 0 Å². The fourth-order valence-electron chi connectivity index (χ4n) is 3.89. The van der Waals surface area contributed by atoms with E-state index in [1.807, 2.05) is 24.3 Å². The summed E-state index contributed by atoms with van der Waals surface area (Å²) in [5.74, 6) is 1.74. The standard InChI is InChI=1S/C23H26ClFN6/c24-20-14-29-23(30-18-6-4-15(10-26)5-7-18)9-19(20)21-2-1-3-22(31-21)28-12-16-8-17(25)13-27-11-16/h1-3,8-9,11,13-15,18H,4-7,10,12,26H2,(H,28,31)(H,29,30). The van der Waals surface area contributed by atoms with Gasteiger partial charge in [-0.3, -0.25) is 4.98 Å². The molecule has 6 nitrogen and oxygen atoms in total. The van der Waals surface area contributed by atoms with Gasteiger partial charge in [-0.05, 0) is 68.0 Å². The van der Waals surface area contributed by atoms with Gasteiger partial charge in [0.05, 0.1) is 16.9 Å². The molecule has 4 N–H and O–H groups in total. The van der Waals surface area contributed by atoms with Crippen LogP contribution in [0.4, 0.5) is 16.0 Å². The van der Waals surface area contributed by atoms with Crippen LogP contribution < -0.4 is 16.4 Å². The van der Waals surface area contributed by atoms with Crippen LogP contribution in [0.2, 0.25) is 5.02 Å². The molecule has 1 aliphatic carbocycles. The number of nitrogens with two attached hydrogens (primary N) is 1. The zero-order valence-electron chi connectivity index (χ0n) is 17.2. The lowest BCUT2D eigenvalue weighted by atomic mass is 9.86. The molecule has 0 bridgehead atoms. The minimum atomic E-state index is -0.360. The van der Waals surface area contributed by atoms with E-state index in [1.54, 1.807) is 12.4 Å². The normalized spacial score (nSPS) is 18.5. The number of halogens is 2. The fourth-order valence-corrected chi connectivity index (χ4v) is 4.09. The summed E-state index contributed by atoms with van der Waals surface area (Å²) in [7, 11) is 0. The molecule has 3 heterocycles. The van der Waals surface area contributed by atoms with Gasteiger partial charge in [0.2, 0.25) is 0 Å². The van der Waals surface area contributed by atoms with Crippen molar-refractivity contribution in [2.24, 2.45) is 11.7 Å². The summed E-state index contributed by atoms with van der Waals surface area (Å²) in [4.78, 5) is 13.0. The zero-order valence-corrected chi connectivity index (χ0v) is 17.9. The van der Waals surface area contributed by atoms with E-state index in [4.69, 9.17) is 17.3 Å². The molecule has 8 heteroatoms. The second kappa shape index (κ2) is 10.0. The van der Waals surface area contributed by atoms with Crippen LogP contribution in [0.3, 0.4) is 0 Å². The van der Waals surface area contributed by atoms with Crippen LogP contribution in [0.15, 0.2) is 48.9 Å².